The summed E-state index contributed by atoms with van der Waals surface area (Å²) in [5.74, 6) is 0.413. The van der Waals surface area contributed by atoms with Crippen molar-refractivity contribution < 1.29 is 4.79 Å². The molecule has 3 rings (SSSR count). The van der Waals surface area contributed by atoms with Crippen LogP contribution in [0.15, 0.2) is 47.4 Å². The molecule has 0 saturated carbocycles. The highest BCUT2D eigenvalue weighted by molar-refractivity contribution is 5.75. The van der Waals surface area contributed by atoms with Gasteiger partial charge in [0.1, 0.15) is 12.4 Å². The van der Waals surface area contributed by atoms with Crippen LogP contribution < -0.4 is 21.9 Å². The number of hydrogen-bond acceptors (Lipinski definition) is 6. The maximum Gasteiger partial charge on any atom is 0.293 e. The van der Waals surface area contributed by atoms with Crippen molar-refractivity contribution in [3.05, 3.63) is 81.0 Å². The van der Waals surface area contributed by atoms with E-state index >= 15 is 0 Å². The monoisotopic (exact) mass is 420 g/mol. The van der Waals surface area contributed by atoms with Gasteiger partial charge in [-0.05, 0) is 44.4 Å². The van der Waals surface area contributed by atoms with Gasteiger partial charge in [-0.2, -0.15) is 0 Å². The van der Waals surface area contributed by atoms with E-state index in [0.29, 0.717) is 24.6 Å². The average molecular weight is 421 g/mol. The average Bonchev–Trinajstić information content (AvgIpc) is 2.73. The van der Waals surface area contributed by atoms with E-state index in [4.69, 9.17) is 5.73 Å². The van der Waals surface area contributed by atoms with Gasteiger partial charge in [0.15, 0.2) is 5.82 Å². The number of anilines is 2. The number of aromatic nitrogens is 3. The van der Waals surface area contributed by atoms with Crippen LogP contribution in [-0.4, -0.2) is 27.0 Å². The first-order valence-electron chi connectivity index (χ1n) is 10.2. The minimum atomic E-state index is -0.315. The molecule has 162 valence electrons. The highest BCUT2D eigenvalue weighted by Gasteiger charge is 2.12. The predicted octanol–water partition coefficient (Wildman–Crippen LogP) is 2.12. The van der Waals surface area contributed by atoms with Gasteiger partial charge in [-0.1, -0.05) is 35.9 Å². The second-order valence-corrected chi connectivity index (χ2v) is 7.56. The van der Waals surface area contributed by atoms with Crippen LogP contribution in [-0.2, 0) is 24.3 Å². The van der Waals surface area contributed by atoms with E-state index < -0.39 is 0 Å². The Labute approximate surface area is 181 Å². The topological polar surface area (TPSA) is 115 Å². The zero-order chi connectivity index (χ0) is 22.4. The molecule has 0 radical (unpaired) electrons. The highest BCUT2D eigenvalue weighted by Crippen LogP contribution is 2.08. The van der Waals surface area contributed by atoms with Crippen molar-refractivity contribution in [2.24, 2.45) is 0 Å². The summed E-state index contributed by atoms with van der Waals surface area (Å²) in [7, 11) is 0. The van der Waals surface area contributed by atoms with Crippen LogP contribution in [0.2, 0.25) is 0 Å². The molecule has 1 amide bonds. The molecule has 0 fully saturated rings. The summed E-state index contributed by atoms with van der Waals surface area (Å²) < 4.78 is 1.42. The Morgan fingerprint density at radius 1 is 1.10 bits per heavy atom. The molecular formula is C23H28N6O2. The van der Waals surface area contributed by atoms with Crippen LogP contribution in [0.1, 0.15) is 28.1 Å². The van der Waals surface area contributed by atoms with Gasteiger partial charge in [-0.3, -0.25) is 14.2 Å². The second-order valence-electron chi connectivity index (χ2n) is 7.56. The van der Waals surface area contributed by atoms with Gasteiger partial charge in [0, 0.05) is 30.7 Å². The Balaban J connectivity index is 1.60. The normalized spacial score (nSPS) is 10.7. The van der Waals surface area contributed by atoms with Crippen molar-refractivity contribution in [3.63, 3.8) is 0 Å². The third-order valence-corrected chi connectivity index (χ3v) is 5.08. The van der Waals surface area contributed by atoms with E-state index in [-0.39, 0.29) is 23.8 Å². The Bertz CT molecular complexity index is 1120. The van der Waals surface area contributed by atoms with E-state index in [1.165, 1.54) is 15.7 Å². The number of carbonyl (C=O) groups excluding carboxylic acids is 1. The minimum absolute atomic E-state index is 0.0821. The molecule has 0 atom stereocenters. The summed E-state index contributed by atoms with van der Waals surface area (Å²) in [5.41, 5.74) is 9.99. The first-order chi connectivity index (χ1) is 14.8. The number of carbonyl (C=O) groups is 1. The second kappa shape index (κ2) is 9.88. The molecule has 4 N–H and O–H groups in total. The van der Waals surface area contributed by atoms with Crippen molar-refractivity contribution in [2.45, 2.75) is 40.3 Å². The van der Waals surface area contributed by atoms with Gasteiger partial charge in [-0.15, -0.1) is 0 Å². The molecule has 0 aliphatic rings. The molecule has 0 aliphatic carbocycles. The number of hydrogen-bond donors (Lipinski definition) is 3. The molecule has 1 aromatic carbocycles. The largest absolute Gasteiger partial charge is 0.384 e. The van der Waals surface area contributed by atoms with Crippen LogP contribution in [0.5, 0.6) is 0 Å². The molecule has 0 unspecified atom stereocenters. The minimum Gasteiger partial charge on any atom is -0.384 e. The number of nitrogens with zero attached hydrogens (tertiary/aromatic N) is 3. The van der Waals surface area contributed by atoms with Crippen LogP contribution in [0.3, 0.4) is 0 Å². The van der Waals surface area contributed by atoms with Gasteiger partial charge in [-0.25, -0.2) is 9.97 Å². The third kappa shape index (κ3) is 5.91. The Morgan fingerprint density at radius 2 is 1.84 bits per heavy atom. The Morgan fingerprint density at radius 3 is 2.55 bits per heavy atom. The fourth-order valence-electron chi connectivity index (χ4n) is 3.16. The Kier molecular flexibility index (Phi) is 7.02. The summed E-state index contributed by atoms with van der Waals surface area (Å²) in [5, 5.41) is 5.92. The van der Waals surface area contributed by atoms with Gasteiger partial charge in [0.2, 0.25) is 5.91 Å². The molecule has 31 heavy (non-hydrogen) atoms. The van der Waals surface area contributed by atoms with Crippen molar-refractivity contribution in [1.29, 1.82) is 0 Å². The van der Waals surface area contributed by atoms with Crippen molar-refractivity contribution in [2.75, 3.05) is 17.6 Å². The molecule has 0 spiro atoms. The number of nitrogens with two attached hydrogens (primary N) is 1. The van der Waals surface area contributed by atoms with Gasteiger partial charge in [0.25, 0.3) is 5.56 Å². The molecule has 2 heterocycles. The fourth-order valence-corrected chi connectivity index (χ4v) is 3.16. The molecule has 8 nitrogen and oxygen atoms in total. The molecule has 2 aromatic heterocycles. The van der Waals surface area contributed by atoms with E-state index in [2.05, 4.69) is 44.9 Å². The van der Waals surface area contributed by atoms with Gasteiger partial charge >= 0.3 is 0 Å². The maximum absolute atomic E-state index is 12.8. The lowest BCUT2D eigenvalue weighted by Gasteiger charge is -2.13. The zero-order valence-corrected chi connectivity index (χ0v) is 18.1. The lowest BCUT2D eigenvalue weighted by molar-refractivity contribution is -0.121. The summed E-state index contributed by atoms with van der Waals surface area (Å²) in [6, 6.07) is 11.8. The molecule has 8 heteroatoms. The predicted molar refractivity (Wildman–Crippen MR) is 122 cm³/mol. The Hall–Kier alpha value is -3.68. The number of benzene rings is 1. The lowest BCUT2D eigenvalue weighted by atomic mass is 10.1. The first kappa shape index (κ1) is 22.0. The van der Waals surface area contributed by atoms with Crippen molar-refractivity contribution in [1.82, 2.24) is 19.9 Å². The first-order valence-corrected chi connectivity index (χ1v) is 10.2. The van der Waals surface area contributed by atoms with E-state index in [0.717, 1.165) is 17.7 Å². The van der Waals surface area contributed by atoms with Crippen LogP contribution >= 0.6 is 0 Å². The van der Waals surface area contributed by atoms with Gasteiger partial charge in [0.05, 0.1) is 0 Å². The molecule has 0 bridgehead atoms. The smallest absolute Gasteiger partial charge is 0.293 e. The highest BCUT2D eigenvalue weighted by atomic mass is 16.2. The standard InChI is InChI=1S/C23H28N6O2/c1-15-4-6-18(7-5-15)10-11-25-22-23(31)29(16(2)12-27-22)14-21(30)26-13-19-8-9-20(24)28-17(19)3/h4-9,12H,10-11,13-14H2,1-3H3,(H2,24,28)(H,25,27)(H,26,30). The SMILES string of the molecule is Cc1ccc(CCNc2ncc(C)n(CC(=O)NCc3ccc(N)nc3C)c2=O)cc1. The van der Waals surface area contributed by atoms with Crippen LogP contribution in [0.25, 0.3) is 0 Å². The maximum atomic E-state index is 12.8. The van der Waals surface area contributed by atoms with Crippen molar-refractivity contribution in [3.8, 4) is 0 Å². The summed E-state index contributed by atoms with van der Waals surface area (Å²) in [6.07, 6.45) is 2.36. The number of nitrogen functional groups attached to an aromatic ring is 1. The van der Waals surface area contributed by atoms with E-state index in [9.17, 15) is 9.59 Å². The molecular weight excluding hydrogens is 392 g/mol. The van der Waals surface area contributed by atoms with Crippen LogP contribution in [0, 0.1) is 20.8 Å². The number of aryl methyl sites for hydroxylation is 3. The number of rotatable bonds is 8. The van der Waals surface area contributed by atoms with E-state index in [1.807, 2.05) is 19.9 Å². The summed E-state index contributed by atoms with van der Waals surface area (Å²) in [6.45, 7) is 6.45. The molecule has 0 aliphatic heterocycles. The molecule has 0 saturated heterocycles. The molecule has 3 aromatic rings. The van der Waals surface area contributed by atoms with Crippen molar-refractivity contribution >= 4 is 17.5 Å². The van der Waals surface area contributed by atoms with Gasteiger partial charge < -0.3 is 16.4 Å². The summed E-state index contributed by atoms with van der Waals surface area (Å²) >= 11 is 0. The van der Waals surface area contributed by atoms with Crippen LogP contribution in [0.4, 0.5) is 11.6 Å². The third-order valence-electron chi connectivity index (χ3n) is 5.08. The number of pyridine rings is 1. The number of amides is 1. The summed E-state index contributed by atoms with van der Waals surface area (Å²) in [4.78, 5) is 33.7. The fraction of sp³-hybridized carbons (Fsp3) is 0.304. The lowest BCUT2D eigenvalue weighted by Crippen LogP contribution is -2.34. The number of nitrogens with one attached hydrogen (secondary N) is 2. The quantitative estimate of drug-likeness (QED) is 0.514. The van der Waals surface area contributed by atoms with E-state index in [1.54, 1.807) is 19.2 Å². The zero-order valence-electron chi connectivity index (χ0n) is 18.1.